The second-order valence-electron chi connectivity index (χ2n) is 5.46. The van der Waals surface area contributed by atoms with E-state index in [4.69, 9.17) is 4.74 Å². The highest BCUT2D eigenvalue weighted by Crippen LogP contribution is 2.33. The highest BCUT2D eigenvalue weighted by molar-refractivity contribution is 7.98. The van der Waals surface area contributed by atoms with Crippen molar-refractivity contribution in [3.63, 3.8) is 0 Å². The molecule has 0 saturated heterocycles. The fourth-order valence-corrected chi connectivity index (χ4v) is 2.86. The van der Waals surface area contributed by atoms with Gasteiger partial charge in [0.2, 0.25) is 5.88 Å². The normalized spacial score (nSPS) is 11.5. The SMILES string of the molecule is Fc1ccc(Oc2cc(C(F)(F)F)nc(SCc3ccc(F)c(F)c3)n2)cc1. The second kappa shape index (κ2) is 8.09. The lowest BCUT2D eigenvalue weighted by molar-refractivity contribution is -0.141. The molecule has 0 amide bonds. The molecule has 1 aromatic heterocycles. The zero-order chi connectivity index (χ0) is 20.3. The maximum atomic E-state index is 13.2. The van der Waals surface area contributed by atoms with Crippen LogP contribution in [0.5, 0.6) is 11.6 Å². The molecule has 10 heteroatoms. The summed E-state index contributed by atoms with van der Waals surface area (Å²) in [4.78, 5) is 7.32. The van der Waals surface area contributed by atoms with Gasteiger partial charge >= 0.3 is 6.18 Å². The Kier molecular flexibility index (Phi) is 5.78. The molecule has 0 saturated carbocycles. The van der Waals surface area contributed by atoms with Crippen LogP contribution in [0.25, 0.3) is 0 Å². The van der Waals surface area contributed by atoms with E-state index in [9.17, 15) is 26.3 Å². The van der Waals surface area contributed by atoms with Gasteiger partial charge in [0.05, 0.1) is 0 Å². The molecule has 0 unspecified atom stereocenters. The molecular weight excluding hydrogens is 406 g/mol. The summed E-state index contributed by atoms with van der Waals surface area (Å²) < 4.78 is 83.7. The van der Waals surface area contributed by atoms with E-state index < -0.39 is 29.3 Å². The summed E-state index contributed by atoms with van der Waals surface area (Å²) in [5.74, 6) is -2.92. The van der Waals surface area contributed by atoms with Gasteiger partial charge in [0.1, 0.15) is 11.6 Å². The van der Waals surface area contributed by atoms with Gasteiger partial charge in [-0.2, -0.15) is 18.2 Å². The van der Waals surface area contributed by atoms with E-state index in [0.29, 0.717) is 11.6 Å². The lowest BCUT2D eigenvalue weighted by Crippen LogP contribution is -2.10. The largest absolute Gasteiger partial charge is 0.439 e. The first-order valence-corrected chi connectivity index (χ1v) is 8.66. The molecule has 146 valence electrons. The molecule has 0 radical (unpaired) electrons. The third-order valence-corrected chi connectivity index (χ3v) is 4.28. The monoisotopic (exact) mass is 416 g/mol. The van der Waals surface area contributed by atoms with Gasteiger partial charge in [-0.25, -0.2) is 18.2 Å². The number of benzene rings is 2. The van der Waals surface area contributed by atoms with Gasteiger partial charge in [0, 0.05) is 11.8 Å². The first kappa shape index (κ1) is 20.0. The fraction of sp³-hybridized carbons (Fsp3) is 0.111. The molecule has 28 heavy (non-hydrogen) atoms. The lowest BCUT2D eigenvalue weighted by atomic mass is 10.2. The minimum absolute atomic E-state index is 0.00843. The lowest BCUT2D eigenvalue weighted by Gasteiger charge is -2.11. The molecule has 3 nitrogen and oxygen atoms in total. The van der Waals surface area contributed by atoms with Crippen molar-refractivity contribution in [3.05, 3.63) is 77.2 Å². The van der Waals surface area contributed by atoms with E-state index in [-0.39, 0.29) is 22.5 Å². The van der Waals surface area contributed by atoms with Crippen molar-refractivity contribution in [1.29, 1.82) is 0 Å². The van der Waals surface area contributed by atoms with Crippen molar-refractivity contribution in [1.82, 2.24) is 9.97 Å². The smallest absolute Gasteiger partial charge is 0.433 e. The maximum Gasteiger partial charge on any atom is 0.433 e. The van der Waals surface area contributed by atoms with Crippen LogP contribution in [0.15, 0.2) is 53.7 Å². The predicted molar refractivity (Wildman–Crippen MR) is 89.4 cm³/mol. The summed E-state index contributed by atoms with van der Waals surface area (Å²) in [6.07, 6.45) is -4.75. The van der Waals surface area contributed by atoms with Gasteiger partial charge in [0.15, 0.2) is 22.5 Å². The quantitative estimate of drug-likeness (QED) is 0.290. The Morgan fingerprint density at radius 2 is 1.57 bits per heavy atom. The third kappa shape index (κ3) is 5.16. The van der Waals surface area contributed by atoms with Crippen LogP contribution in [0.3, 0.4) is 0 Å². The van der Waals surface area contributed by atoms with Crippen LogP contribution >= 0.6 is 11.8 Å². The zero-order valence-corrected chi connectivity index (χ0v) is 14.6. The van der Waals surface area contributed by atoms with E-state index in [1.807, 2.05) is 0 Å². The Labute approximate surface area is 159 Å². The Balaban J connectivity index is 1.84. The van der Waals surface area contributed by atoms with Crippen LogP contribution in [0.4, 0.5) is 26.3 Å². The number of ether oxygens (including phenoxy) is 1. The van der Waals surface area contributed by atoms with Crippen molar-refractivity contribution in [2.75, 3.05) is 0 Å². The molecule has 0 bridgehead atoms. The van der Waals surface area contributed by atoms with Crippen molar-refractivity contribution in [3.8, 4) is 11.6 Å². The number of alkyl halides is 3. The van der Waals surface area contributed by atoms with E-state index >= 15 is 0 Å². The van der Waals surface area contributed by atoms with Crippen LogP contribution in [0, 0.1) is 17.5 Å². The number of nitrogens with zero attached hydrogens (tertiary/aromatic N) is 2. The summed E-state index contributed by atoms with van der Waals surface area (Å²) in [6.45, 7) is 0. The van der Waals surface area contributed by atoms with Crippen molar-refractivity contribution >= 4 is 11.8 Å². The predicted octanol–water partition coefficient (Wildman–Crippen LogP) is 6.00. The summed E-state index contributed by atoms with van der Waals surface area (Å²) in [5.41, 5.74) is -0.890. The Morgan fingerprint density at radius 3 is 2.21 bits per heavy atom. The van der Waals surface area contributed by atoms with Crippen molar-refractivity contribution < 1.29 is 31.1 Å². The number of halogens is 6. The summed E-state index contributed by atoms with van der Waals surface area (Å²) in [6, 6.07) is 8.41. The summed E-state index contributed by atoms with van der Waals surface area (Å²) in [7, 11) is 0. The third-order valence-electron chi connectivity index (χ3n) is 3.36. The van der Waals surface area contributed by atoms with E-state index in [2.05, 4.69) is 9.97 Å². The fourth-order valence-electron chi connectivity index (χ4n) is 2.07. The van der Waals surface area contributed by atoms with E-state index in [0.717, 1.165) is 36.0 Å². The van der Waals surface area contributed by atoms with Crippen LogP contribution in [-0.4, -0.2) is 9.97 Å². The van der Waals surface area contributed by atoms with Gasteiger partial charge in [-0.15, -0.1) is 0 Å². The second-order valence-corrected chi connectivity index (χ2v) is 6.41. The average molecular weight is 416 g/mol. The molecule has 0 aliphatic carbocycles. The van der Waals surface area contributed by atoms with Crippen LogP contribution in [0.1, 0.15) is 11.3 Å². The topological polar surface area (TPSA) is 35.0 Å². The molecule has 0 N–H and O–H groups in total. The molecule has 0 aliphatic rings. The molecule has 0 fully saturated rings. The molecule has 3 aromatic rings. The molecule has 3 rings (SSSR count). The standard InChI is InChI=1S/C18H10F6N2OS/c19-11-2-4-12(5-3-11)27-16-8-15(18(22,23)24)25-17(26-16)28-9-10-1-6-13(20)14(21)7-10/h1-8H,9H2. The number of aromatic nitrogens is 2. The Morgan fingerprint density at radius 1 is 0.857 bits per heavy atom. The minimum atomic E-state index is -4.75. The highest BCUT2D eigenvalue weighted by Gasteiger charge is 2.34. The van der Waals surface area contributed by atoms with E-state index in [1.54, 1.807) is 0 Å². The Bertz CT molecular complexity index is 979. The van der Waals surface area contributed by atoms with Crippen molar-refractivity contribution in [2.24, 2.45) is 0 Å². The van der Waals surface area contributed by atoms with Gasteiger partial charge in [-0.3, -0.25) is 0 Å². The van der Waals surface area contributed by atoms with Gasteiger partial charge in [0.25, 0.3) is 0 Å². The average Bonchev–Trinajstić information content (AvgIpc) is 2.64. The zero-order valence-electron chi connectivity index (χ0n) is 13.8. The molecule has 0 atom stereocenters. The molecule has 0 aliphatic heterocycles. The first-order chi connectivity index (χ1) is 13.2. The maximum absolute atomic E-state index is 13.2. The first-order valence-electron chi connectivity index (χ1n) is 7.67. The molecular formula is C18H10F6N2OS. The van der Waals surface area contributed by atoms with Crippen LogP contribution in [0.2, 0.25) is 0 Å². The molecule has 2 aromatic carbocycles. The van der Waals surface area contributed by atoms with Crippen molar-refractivity contribution in [2.45, 2.75) is 17.1 Å². The summed E-state index contributed by atoms with van der Waals surface area (Å²) >= 11 is 0.794. The van der Waals surface area contributed by atoms with Gasteiger partial charge in [-0.1, -0.05) is 17.8 Å². The van der Waals surface area contributed by atoms with E-state index in [1.165, 1.54) is 18.2 Å². The minimum Gasteiger partial charge on any atom is -0.439 e. The molecule has 0 spiro atoms. The number of rotatable bonds is 5. The van der Waals surface area contributed by atoms with Crippen LogP contribution < -0.4 is 4.74 Å². The number of hydrogen-bond acceptors (Lipinski definition) is 4. The Hall–Kier alpha value is -2.75. The van der Waals surface area contributed by atoms with Gasteiger partial charge in [-0.05, 0) is 42.0 Å². The molecule has 1 heterocycles. The number of thioether (sulfide) groups is 1. The highest BCUT2D eigenvalue weighted by atomic mass is 32.2. The van der Waals surface area contributed by atoms with Crippen LogP contribution in [-0.2, 0) is 11.9 Å². The van der Waals surface area contributed by atoms with Gasteiger partial charge < -0.3 is 4.74 Å². The summed E-state index contributed by atoms with van der Waals surface area (Å²) in [5, 5.41) is -0.267. The number of hydrogen-bond donors (Lipinski definition) is 0.